The van der Waals surface area contributed by atoms with Crippen LogP contribution >= 0.6 is 0 Å². The Morgan fingerprint density at radius 2 is 0.616 bits per heavy atom. The molecule has 0 aliphatic carbocycles. The van der Waals surface area contributed by atoms with E-state index in [1.165, 1.54) is 42.5 Å². The van der Waals surface area contributed by atoms with Crippen LogP contribution in [-0.4, -0.2) is 75.6 Å². The molecule has 0 amide bonds. The molecule has 0 saturated heterocycles. The molecular weight excluding hydrogens is 1280 g/mol. The Bertz CT molecular complexity index is 5320. The number of hydrogen-bond donors (Lipinski definition) is 5. The highest BCUT2D eigenvalue weighted by Gasteiger charge is 2.23. The Morgan fingerprint density at radius 3 is 0.899 bits per heavy atom. The van der Waals surface area contributed by atoms with Crippen molar-refractivity contribution in [2.75, 3.05) is 16.0 Å². The van der Waals surface area contributed by atoms with Crippen molar-refractivity contribution in [1.82, 2.24) is 58.7 Å². The molecule has 0 bridgehead atoms. The number of hydrogen-bond acceptors (Lipinski definition) is 16. The number of nitrogens with one attached hydrogen (secondary N) is 3. The molecule has 0 aliphatic heterocycles. The van der Waals surface area contributed by atoms with Crippen molar-refractivity contribution in [3.63, 3.8) is 0 Å². The van der Waals surface area contributed by atoms with Crippen molar-refractivity contribution in [2.24, 2.45) is 10.3 Å². The number of nitrogens with two attached hydrogens (primary N) is 2. The number of benzene rings is 6. The third-order valence-corrected chi connectivity index (χ3v) is 18.2. The molecule has 0 fully saturated rings. The zero-order valence-electron chi connectivity index (χ0n) is 54.2. The van der Waals surface area contributed by atoms with Crippen molar-refractivity contribution >= 4 is 54.1 Å². The van der Waals surface area contributed by atoms with Gasteiger partial charge in [-0.1, -0.05) is 182 Å². The van der Waals surface area contributed by atoms with Crippen LogP contribution in [0.1, 0.15) is 61.2 Å². The highest BCUT2D eigenvalue weighted by Crippen LogP contribution is 2.37. The van der Waals surface area contributed by atoms with Gasteiger partial charge in [-0.15, -0.1) is 15.3 Å². The number of anilines is 3. The average Bonchev–Trinajstić information content (AvgIpc) is 1.69. The molecule has 9 aromatic heterocycles. The van der Waals surface area contributed by atoms with Crippen molar-refractivity contribution < 1.29 is 16.8 Å². The first-order valence-electron chi connectivity index (χ1n) is 31.7. The molecule has 0 saturated carbocycles. The number of aryl methyl sites for hydroxylation is 1. The fourth-order valence-electron chi connectivity index (χ4n) is 11.5. The zero-order chi connectivity index (χ0) is 68.6. The van der Waals surface area contributed by atoms with Crippen molar-refractivity contribution in [3.8, 4) is 67.5 Å². The minimum atomic E-state index is -3.91. The van der Waals surface area contributed by atoms with E-state index in [2.05, 4.69) is 110 Å². The SMILES string of the molecule is CC(Nc1nc(-c2cncc(S(N)(=O)=O)c2)nn2ccc(-c3ccccc3)c12)c1ccccc1.CC(Nc1nc(-c2cncc(S(N)(=O)=O)c2)nn2ccc(-c3ccccc3)c12)c1ccccc1.Cc1cncc(-c2nc(NC(C)c3ccccc3)c3c(-c4ccccc4)ccn3n2)c1. The Labute approximate surface area is 572 Å². The molecule has 0 aliphatic rings. The van der Waals surface area contributed by atoms with Crippen LogP contribution in [0.2, 0.25) is 0 Å². The maximum atomic E-state index is 11.8. The van der Waals surface area contributed by atoms with Crippen molar-refractivity contribution in [1.29, 1.82) is 0 Å². The number of pyridine rings is 3. The molecule has 3 atom stereocenters. The van der Waals surface area contributed by atoms with Crippen LogP contribution in [0.15, 0.2) is 284 Å². The summed E-state index contributed by atoms with van der Waals surface area (Å²) in [6.07, 6.45) is 14.8. The first kappa shape index (κ1) is 65.5. The van der Waals surface area contributed by atoms with Crippen LogP contribution in [0.25, 0.3) is 84.1 Å². The predicted octanol–water partition coefficient (Wildman–Crippen LogP) is 14.5. The largest absolute Gasteiger partial charge is 0.362 e. The van der Waals surface area contributed by atoms with Crippen LogP contribution in [-0.2, 0) is 20.0 Å². The minimum absolute atomic E-state index is 0.0415. The summed E-state index contributed by atoms with van der Waals surface area (Å²) in [5, 5.41) is 35.3. The zero-order valence-corrected chi connectivity index (χ0v) is 55.8. The van der Waals surface area contributed by atoms with Gasteiger partial charge >= 0.3 is 0 Å². The van der Waals surface area contributed by atoms with E-state index < -0.39 is 20.0 Å². The predicted molar refractivity (Wildman–Crippen MR) is 388 cm³/mol. The summed E-state index contributed by atoms with van der Waals surface area (Å²) in [7, 11) is -7.83. The van der Waals surface area contributed by atoms with Gasteiger partial charge in [0.25, 0.3) is 0 Å². The van der Waals surface area contributed by atoms with E-state index in [9.17, 15) is 16.8 Å². The van der Waals surface area contributed by atoms with Gasteiger partial charge in [0.2, 0.25) is 20.0 Å². The summed E-state index contributed by atoms with van der Waals surface area (Å²) in [5.74, 6) is 3.32. The molecule has 6 aromatic carbocycles. The summed E-state index contributed by atoms with van der Waals surface area (Å²) in [6, 6.07) is 71.8. The van der Waals surface area contributed by atoms with Crippen molar-refractivity contribution in [3.05, 3.63) is 296 Å². The third kappa shape index (κ3) is 15.0. The van der Waals surface area contributed by atoms with Gasteiger partial charge in [-0.3, -0.25) is 15.0 Å². The molecule has 23 heteroatoms. The van der Waals surface area contributed by atoms with Crippen LogP contribution < -0.4 is 26.2 Å². The number of aromatic nitrogens is 12. The average molecular weight is 1350 g/mol. The summed E-state index contributed by atoms with van der Waals surface area (Å²) < 4.78 is 52.7. The number of rotatable bonds is 17. The standard InChI is InChI=1S/C26H23N5.2C25H22N6O2S/c1-18-15-22(17-27-16-18)25-29-26(28-19(2)20-9-5-3-6-10-20)24-23(13-14-31(24)30-25)21-11-7-4-8-12-21;2*1-17(18-8-4-2-5-9-18)28-25-23-22(19-10-6-3-7-11-19)12-13-31(23)30-24(29-25)20-14-21(16-27-15-20)34(26,32)33/h3-17,19H,1-2H3,(H,28,29,30);2*2-17H,1H3,(H2,26,32,33)(H,28,29,30). The molecule has 7 N–H and O–H groups in total. The molecule has 21 nitrogen and oxygen atoms in total. The van der Waals surface area contributed by atoms with Gasteiger partial charge in [-0.2, -0.15) is 0 Å². The number of primary sulfonamides is 2. The highest BCUT2D eigenvalue weighted by molar-refractivity contribution is 7.89. The molecule has 9 heterocycles. The molecule has 99 heavy (non-hydrogen) atoms. The van der Waals surface area contributed by atoms with Gasteiger partial charge in [0.15, 0.2) is 34.9 Å². The monoisotopic (exact) mass is 1350 g/mol. The van der Waals surface area contributed by atoms with Gasteiger partial charge in [0.05, 0.1) is 18.1 Å². The topological polar surface area (TPSA) is 286 Å². The van der Waals surface area contributed by atoms with Gasteiger partial charge in [0.1, 0.15) is 26.3 Å². The second kappa shape index (κ2) is 28.7. The van der Waals surface area contributed by atoms with E-state index >= 15 is 0 Å². The van der Waals surface area contributed by atoms with Gasteiger partial charge in [0, 0.05) is 89.2 Å². The van der Waals surface area contributed by atoms with Crippen LogP contribution in [0, 0.1) is 6.92 Å². The fraction of sp³-hybridized carbons (Fsp3) is 0.0921. The number of fused-ring (bicyclic) bond motifs is 3. The lowest BCUT2D eigenvalue weighted by Crippen LogP contribution is -2.13. The van der Waals surface area contributed by atoms with E-state index in [1.807, 2.05) is 194 Å². The van der Waals surface area contributed by atoms with E-state index in [1.54, 1.807) is 15.2 Å². The molecule has 0 radical (unpaired) electrons. The summed E-state index contributed by atoms with van der Waals surface area (Å²) >= 11 is 0. The first-order chi connectivity index (χ1) is 48.0. The second-order valence-electron chi connectivity index (χ2n) is 23.5. The molecular formula is C76H67N17O4S2. The Balaban J connectivity index is 0.000000134. The summed E-state index contributed by atoms with van der Waals surface area (Å²) in [5.41, 5.74) is 15.1. The summed E-state index contributed by atoms with van der Waals surface area (Å²) in [4.78, 5) is 26.7. The van der Waals surface area contributed by atoms with E-state index in [0.29, 0.717) is 40.2 Å². The molecule has 492 valence electrons. The molecule has 3 unspecified atom stereocenters. The Morgan fingerprint density at radius 1 is 0.343 bits per heavy atom. The van der Waals surface area contributed by atoms with Gasteiger partial charge in [-0.25, -0.2) is 55.6 Å². The fourth-order valence-corrected chi connectivity index (χ4v) is 12.5. The molecule has 0 spiro atoms. The van der Waals surface area contributed by atoms with Crippen LogP contribution in [0.4, 0.5) is 17.5 Å². The lowest BCUT2D eigenvalue weighted by atomic mass is 10.1. The Kier molecular flexibility index (Phi) is 19.0. The summed E-state index contributed by atoms with van der Waals surface area (Å²) in [6.45, 7) is 8.28. The quantitative estimate of drug-likeness (QED) is 0.0566. The smallest absolute Gasteiger partial charge is 0.239 e. The van der Waals surface area contributed by atoms with E-state index in [0.717, 1.165) is 78.0 Å². The van der Waals surface area contributed by atoms with Crippen LogP contribution in [0.5, 0.6) is 0 Å². The lowest BCUT2D eigenvalue weighted by Gasteiger charge is -2.17. The minimum Gasteiger partial charge on any atom is -0.362 e. The molecule has 15 aromatic rings. The highest BCUT2D eigenvalue weighted by atomic mass is 32.2. The lowest BCUT2D eigenvalue weighted by molar-refractivity contribution is 0.595. The third-order valence-electron chi connectivity index (χ3n) is 16.5. The van der Waals surface area contributed by atoms with Gasteiger partial charge < -0.3 is 16.0 Å². The van der Waals surface area contributed by atoms with E-state index in [-0.39, 0.29) is 27.9 Å². The first-order valence-corrected chi connectivity index (χ1v) is 34.8. The maximum absolute atomic E-state index is 11.8. The number of sulfonamides is 2. The Hall–Kier alpha value is -12.2. The van der Waals surface area contributed by atoms with E-state index in [4.69, 9.17) is 30.3 Å². The normalized spacial score (nSPS) is 12.4. The molecule has 15 rings (SSSR count). The second-order valence-corrected chi connectivity index (χ2v) is 26.6. The van der Waals surface area contributed by atoms with Gasteiger partial charge in [-0.05, 0) is 103 Å². The number of nitrogens with zero attached hydrogens (tertiary/aromatic N) is 12. The van der Waals surface area contributed by atoms with Crippen molar-refractivity contribution in [2.45, 2.75) is 55.6 Å². The maximum Gasteiger partial charge on any atom is 0.239 e. The van der Waals surface area contributed by atoms with Crippen LogP contribution in [0.3, 0.4) is 0 Å².